The van der Waals surface area contributed by atoms with E-state index < -0.39 is 21.6 Å². The zero-order chi connectivity index (χ0) is 25.5. The van der Waals surface area contributed by atoms with Gasteiger partial charge >= 0.3 is 0 Å². The van der Waals surface area contributed by atoms with Crippen molar-refractivity contribution in [2.45, 2.75) is 58.7 Å². The minimum Gasteiger partial charge on any atom is -0.350 e. The number of carbonyl (C=O) groups excluding carboxylic acids is 2. The van der Waals surface area contributed by atoms with Crippen molar-refractivity contribution in [1.82, 2.24) is 10.2 Å². The highest BCUT2D eigenvalue weighted by Crippen LogP contribution is 2.19. The number of para-hydroxylation sites is 1. The Hall–Kier alpha value is -2.39. The van der Waals surface area contributed by atoms with Crippen molar-refractivity contribution in [2.24, 2.45) is 0 Å². The van der Waals surface area contributed by atoms with Gasteiger partial charge in [-0.15, -0.1) is 0 Å². The lowest BCUT2D eigenvalue weighted by Crippen LogP contribution is -2.52. The molecule has 0 aliphatic rings. The first-order valence-corrected chi connectivity index (χ1v) is 13.8. The van der Waals surface area contributed by atoms with Gasteiger partial charge in [-0.2, -0.15) is 0 Å². The Morgan fingerprint density at radius 1 is 1.03 bits per heavy atom. The number of benzene rings is 2. The summed E-state index contributed by atoms with van der Waals surface area (Å²) in [6, 6.07) is 15.7. The fourth-order valence-corrected chi connectivity index (χ4v) is 4.67. The number of carbonyl (C=O) groups is 2. The highest BCUT2D eigenvalue weighted by molar-refractivity contribution is 9.10. The van der Waals surface area contributed by atoms with E-state index in [1.54, 1.807) is 36.1 Å². The number of nitrogens with one attached hydrogen (secondary N) is 1. The van der Waals surface area contributed by atoms with Gasteiger partial charge in [0.25, 0.3) is 0 Å². The van der Waals surface area contributed by atoms with Gasteiger partial charge < -0.3 is 10.2 Å². The van der Waals surface area contributed by atoms with E-state index in [0.717, 1.165) is 16.3 Å². The summed E-state index contributed by atoms with van der Waals surface area (Å²) >= 11 is 3.41. The summed E-state index contributed by atoms with van der Waals surface area (Å²) in [7, 11) is -3.50. The number of hydrogen-bond acceptors (Lipinski definition) is 4. The number of hydrogen-bond donors (Lipinski definition) is 1. The van der Waals surface area contributed by atoms with E-state index in [2.05, 4.69) is 21.2 Å². The van der Waals surface area contributed by atoms with Crippen molar-refractivity contribution in [3.05, 3.63) is 64.6 Å². The van der Waals surface area contributed by atoms with Crippen LogP contribution in [0.3, 0.4) is 0 Å². The highest BCUT2D eigenvalue weighted by atomic mass is 79.9. The number of anilines is 1. The van der Waals surface area contributed by atoms with Crippen molar-refractivity contribution in [2.75, 3.05) is 17.1 Å². The lowest BCUT2D eigenvalue weighted by Gasteiger charge is -2.32. The molecule has 34 heavy (non-hydrogen) atoms. The standard InChI is InChI=1S/C25H34BrN3O4S/c1-19(24(31)27-25(2,3)4)28(18-20-13-15-21(26)16-14-20)23(30)12-9-17-29(34(5,32)33)22-10-7-6-8-11-22/h6-8,10-11,13-16,19H,9,12,17-18H2,1-5H3,(H,27,31)/t19-/m1/s1. The van der Waals surface area contributed by atoms with Gasteiger partial charge in [-0.3, -0.25) is 13.9 Å². The molecule has 7 nitrogen and oxygen atoms in total. The fraction of sp³-hybridized carbons (Fsp3) is 0.440. The zero-order valence-corrected chi connectivity index (χ0v) is 22.8. The molecule has 2 amide bonds. The second kappa shape index (κ2) is 11.8. The minimum absolute atomic E-state index is 0.114. The van der Waals surface area contributed by atoms with Crippen molar-refractivity contribution in [3.63, 3.8) is 0 Å². The first kappa shape index (κ1) is 27.9. The average Bonchev–Trinajstić information content (AvgIpc) is 2.74. The lowest BCUT2D eigenvalue weighted by molar-refractivity contribution is -0.141. The predicted octanol–water partition coefficient (Wildman–Crippen LogP) is 4.33. The van der Waals surface area contributed by atoms with Gasteiger partial charge in [-0.25, -0.2) is 8.42 Å². The molecular formula is C25H34BrN3O4S. The number of nitrogens with zero attached hydrogens (tertiary/aromatic N) is 2. The first-order chi connectivity index (χ1) is 15.8. The summed E-state index contributed by atoms with van der Waals surface area (Å²) in [6.45, 7) is 7.83. The Morgan fingerprint density at radius 3 is 2.15 bits per heavy atom. The second-order valence-corrected chi connectivity index (χ2v) is 12.2. The molecule has 0 radical (unpaired) electrons. The van der Waals surface area contributed by atoms with Crippen LogP contribution in [0.25, 0.3) is 0 Å². The quantitative estimate of drug-likeness (QED) is 0.476. The first-order valence-electron chi connectivity index (χ1n) is 11.2. The summed E-state index contributed by atoms with van der Waals surface area (Å²) < 4.78 is 26.9. The van der Waals surface area contributed by atoms with Crippen LogP contribution in [0.15, 0.2) is 59.1 Å². The van der Waals surface area contributed by atoms with Gasteiger partial charge in [0.2, 0.25) is 21.8 Å². The fourth-order valence-electron chi connectivity index (χ4n) is 3.44. The smallest absolute Gasteiger partial charge is 0.242 e. The molecule has 0 aliphatic carbocycles. The van der Waals surface area contributed by atoms with Gasteiger partial charge in [-0.05, 0) is 63.9 Å². The third kappa shape index (κ3) is 8.76. The molecular weight excluding hydrogens is 518 g/mol. The third-order valence-electron chi connectivity index (χ3n) is 5.13. The highest BCUT2D eigenvalue weighted by Gasteiger charge is 2.28. The zero-order valence-electron chi connectivity index (χ0n) is 20.4. The van der Waals surface area contributed by atoms with Crippen LogP contribution in [-0.2, 0) is 26.2 Å². The molecule has 186 valence electrons. The molecule has 9 heteroatoms. The average molecular weight is 553 g/mol. The molecule has 0 bridgehead atoms. The van der Waals surface area contributed by atoms with Crippen LogP contribution < -0.4 is 9.62 Å². The molecule has 0 aromatic heterocycles. The maximum absolute atomic E-state index is 13.3. The van der Waals surface area contributed by atoms with Crippen LogP contribution in [0.1, 0.15) is 46.1 Å². The Morgan fingerprint density at radius 2 is 1.62 bits per heavy atom. The van der Waals surface area contributed by atoms with E-state index in [-0.39, 0.29) is 31.3 Å². The van der Waals surface area contributed by atoms with Crippen molar-refractivity contribution < 1.29 is 18.0 Å². The molecule has 0 saturated heterocycles. The number of sulfonamides is 1. The maximum atomic E-state index is 13.3. The molecule has 2 aromatic carbocycles. The summed E-state index contributed by atoms with van der Waals surface area (Å²) in [5, 5.41) is 2.94. The maximum Gasteiger partial charge on any atom is 0.242 e. The molecule has 0 heterocycles. The van der Waals surface area contributed by atoms with Crippen LogP contribution in [0.2, 0.25) is 0 Å². The van der Waals surface area contributed by atoms with Crippen molar-refractivity contribution in [1.29, 1.82) is 0 Å². The molecule has 0 unspecified atom stereocenters. The van der Waals surface area contributed by atoms with E-state index in [1.807, 2.05) is 51.1 Å². The van der Waals surface area contributed by atoms with Gasteiger partial charge in [0.1, 0.15) is 6.04 Å². The SMILES string of the molecule is C[C@H](C(=O)NC(C)(C)C)N(Cc1ccc(Br)cc1)C(=O)CCCN(c1ccccc1)S(C)(=O)=O. The van der Waals surface area contributed by atoms with Crippen LogP contribution >= 0.6 is 15.9 Å². The molecule has 1 N–H and O–H groups in total. The topological polar surface area (TPSA) is 86.8 Å². The van der Waals surface area contributed by atoms with Crippen LogP contribution in [0.4, 0.5) is 5.69 Å². The van der Waals surface area contributed by atoms with E-state index in [0.29, 0.717) is 12.1 Å². The van der Waals surface area contributed by atoms with E-state index >= 15 is 0 Å². The summed E-state index contributed by atoms with van der Waals surface area (Å²) in [6.07, 6.45) is 1.59. The van der Waals surface area contributed by atoms with Gasteiger partial charge in [0.15, 0.2) is 0 Å². The van der Waals surface area contributed by atoms with Crippen molar-refractivity contribution in [3.8, 4) is 0 Å². The normalized spacial score (nSPS) is 12.6. The molecule has 2 rings (SSSR count). The minimum atomic E-state index is -3.50. The van der Waals surface area contributed by atoms with E-state index in [9.17, 15) is 18.0 Å². The molecule has 0 saturated carbocycles. The largest absolute Gasteiger partial charge is 0.350 e. The molecule has 0 spiro atoms. The summed E-state index contributed by atoms with van der Waals surface area (Å²) in [5.74, 6) is -0.444. The summed E-state index contributed by atoms with van der Waals surface area (Å²) in [5.41, 5.74) is 1.03. The van der Waals surface area contributed by atoms with Crippen LogP contribution in [0, 0.1) is 0 Å². The Labute approximate surface area is 211 Å². The molecule has 2 aromatic rings. The second-order valence-electron chi connectivity index (χ2n) is 9.34. The monoisotopic (exact) mass is 551 g/mol. The van der Waals surface area contributed by atoms with Crippen molar-refractivity contribution >= 4 is 43.5 Å². The Kier molecular flexibility index (Phi) is 9.70. The molecule has 0 aliphatic heterocycles. The number of halogens is 1. The number of amides is 2. The van der Waals surface area contributed by atoms with Gasteiger partial charge in [-0.1, -0.05) is 46.3 Å². The Bertz CT molecular complexity index is 1070. The van der Waals surface area contributed by atoms with Gasteiger partial charge in [0.05, 0.1) is 11.9 Å². The van der Waals surface area contributed by atoms with Gasteiger partial charge in [0, 0.05) is 29.5 Å². The van der Waals surface area contributed by atoms with Crippen LogP contribution in [-0.4, -0.2) is 49.5 Å². The van der Waals surface area contributed by atoms with E-state index in [4.69, 9.17) is 0 Å². The third-order valence-corrected chi connectivity index (χ3v) is 6.85. The molecule has 1 atom stereocenters. The summed E-state index contributed by atoms with van der Waals surface area (Å²) in [4.78, 5) is 27.7. The molecule has 0 fully saturated rings. The Balaban J connectivity index is 2.16. The van der Waals surface area contributed by atoms with E-state index in [1.165, 1.54) is 4.31 Å². The van der Waals surface area contributed by atoms with Crippen LogP contribution in [0.5, 0.6) is 0 Å². The lowest BCUT2D eigenvalue weighted by atomic mass is 10.1. The number of rotatable bonds is 10. The predicted molar refractivity (Wildman–Crippen MR) is 140 cm³/mol.